The fourth-order valence-corrected chi connectivity index (χ4v) is 3.51. The van der Waals surface area contributed by atoms with Gasteiger partial charge >= 0.3 is 0 Å². The highest BCUT2D eigenvalue weighted by atomic mass is 32.1. The van der Waals surface area contributed by atoms with Gasteiger partial charge in [-0.15, -0.1) is 11.3 Å². The van der Waals surface area contributed by atoms with E-state index >= 15 is 0 Å². The molecule has 74 valence electrons. The van der Waals surface area contributed by atoms with Crippen molar-refractivity contribution in [2.24, 2.45) is 0 Å². The molecule has 0 spiro atoms. The van der Waals surface area contributed by atoms with Crippen LogP contribution in [-0.4, -0.2) is 13.8 Å². The Morgan fingerprint density at radius 1 is 1.69 bits per heavy atom. The third-order valence-electron chi connectivity index (χ3n) is 1.93. The first-order valence-corrected chi connectivity index (χ1v) is 6.92. The third kappa shape index (κ3) is 2.13. The van der Waals surface area contributed by atoms with E-state index in [-0.39, 0.29) is 0 Å². The second kappa shape index (κ2) is 3.82. The van der Waals surface area contributed by atoms with Gasteiger partial charge in [-0.3, -0.25) is 4.57 Å². The molecule has 1 atom stereocenters. The molecule has 0 saturated carbocycles. The molecular formula is C8H14NO2PS. The summed E-state index contributed by atoms with van der Waals surface area (Å²) in [6, 6.07) is 1.88. The predicted octanol–water partition coefficient (Wildman–Crippen LogP) is 2.07. The first kappa shape index (κ1) is 10.8. The molecule has 0 aliphatic rings. The van der Waals surface area contributed by atoms with Crippen molar-refractivity contribution in [3.8, 4) is 0 Å². The van der Waals surface area contributed by atoms with Crippen LogP contribution in [0.15, 0.2) is 6.07 Å². The molecule has 2 N–H and O–H groups in total. The summed E-state index contributed by atoms with van der Waals surface area (Å²) in [6.45, 7) is 3.63. The maximum absolute atomic E-state index is 11.8. The topological polar surface area (TPSA) is 52.3 Å². The molecular weight excluding hydrogens is 205 g/mol. The minimum Gasteiger partial charge on any atom is -0.390 e. The number of anilines is 1. The molecule has 0 saturated heterocycles. The van der Waals surface area contributed by atoms with E-state index < -0.39 is 7.37 Å². The van der Waals surface area contributed by atoms with Crippen LogP contribution in [0, 0.1) is 0 Å². The summed E-state index contributed by atoms with van der Waals surface area (Å²) in [6.07, 6.45) is 0.915. The molecule has 3 nitrogen and oxygen atoms in total. The summed E-state index contributed by atoms with van der Waals surface area (Å²) < 4.78 is 16.8. The summed E-state index contributed by atoms with van der Waals surface area (Å²) in [5.41, 5.74) is 5.74. The molecule has 1 rings (SSSR count). The average Bonchev–Trinajstić information content (AvgIpc) is 2.47. The SMILES string of the molecule is CCc1cc(P(C)(=O)OC)c(N)s1. The number of nitrogens with two attached hydrogens (primary N) is 1. The Kier molecular flexibility index (Phi) is 3.17. The second-order valence-corrected chi connectivity index (χ2v) is 6.55. The minimum absolute atomic E-state index is 0.615. The van der Waals surface area contributed by atoms with Gasteiger partial charge in [-0.2, -0.15) is 0 Å². The molecule has 0 radical (unpaired) electrons. The van der Waals surface area contributed by atoms with Gasteiger partial charge in [0.2, 0.25) is 7.37 Å². The van der Waals surface area contributed by atoms with Crippen molar-refractivity contribution < 1.29 is 9.09 Å². The van der Waals surface area contributed by atoms with Gasteiger partial charge in [-0.05, 0) is 12.5 Å². The van der Waals surface area contributed by atoms with Crippen LogP contribution in [0.3, 0.4) is 0 Å². The maximum Gasteiger partial charge on any atom is 0.231 e. The van der Waals surface area contributed by atoms with Gasteiger partial charge in [-0.1, -0.05) is 6.92 Å². The first-order chi connectivity index (χ1) is 6.01. The van der Waals surface area contributed by atoms with E-state index in [1.807, 2.05) is 13.0 Å². The summed E-state index contributed by atoms with van der Waals surface area (Å²) in [5.74, 6) is 0. The van der Waals surface area contributed by atoms with Crippen molar-refractivity contribution >= 4 is 29.0 Å². The summed E-state index contributed by atoms with van der Waals surface area (Å²) in [4.78, 5) is 1.15. The molecule has 5 heteroatoms. The fourth-order valence-electron chi connectivity index (χ4n) is 1.04. The van der Waals surface area contributed by atoms with Gasteiger partial charge in [0.25, 0.3) is 0 Å². The van der Waals surface area contributed by atoms with E-state index in [2.05, 4.69) is 0 Å². The molecule has 0 aromatic carbocycles. The number of rotatable bonds is 3. The van der Waals surface area contributed by atoms with Gasteiger partial charge < -0.3 is 10.3 Å². The molecule has 0 fully saturated rings. The predicted molar refractivity (Wildman–Crippen MR) is 58.3 cm³/mol. The van der Waals surface area contributed by atoms with Gasteiger partial charge in [0.05, 0.1) is 10.3 Å². The minimum atomic E-state index is -2.67. The zero-order valence-electron chi connectivity index (χ0n) is 8.03. The van der Waals surface area contributed by atoms with E-state index in [1.165, 1.54) is 18.4 Å². The molecule has 1 unspecified atom stereocenters. The number of nitrogen functional groups attached to an aromatic ring is 1. The number of thiophene rings is 1. The van der Waals surface area contributed by atoms with Crippen molar-refractivity contribution in [1.29, 1.82) is 0 Å². The smallest absolute Gasteiger partial charge is 0.231 e. The molecule has 1 aromatic rings. The van der Waals surface area contributed by atoms with E-state index in [4.69, 9.17) is 10.3 Å². The van der Waals surface area contributed by atoms with Crippen LogP contribution in [0.25, 0.3) is 0 Å². The van der Waals surface area contributed by atoms with Gasteiger partial charge in [0.1, 0.15) is 0 Å². The second-order valence-electron chi connectivity index (χ2n) is 2.84. The van der Waals surface area contributed by atoms with Gasteiger partial charge in [-0.25, -0.2) is 0 Å². The summed E-state index contributed by atoms with van der Waals surface area (Å²) in [5, 5.41) is 1.28. The van der Waals surface area contributed by atoms with Crippen LogP contribution >= 0.6 is 18.7 Å². The Bertz CT molecular complexity index is 348. The molecule has 1 aromatic heterocycles. The number of hydrogen-bond acceptors (Lipinski definition) is 4. The quantitative estimate of drug-likeness (QED) is 0.792. The van der Waals surface area contributed by atoms with Crippen LogP contribution in [0.1, 0.15) is 11.8 Å². The Labute approximate surface area is 82.4 Å². The maximum atomic E-state index is 11.8. The molecule has 0 aliphatic carbocycles. The van der Waals surface area contributed by atoms with Crippen molar-refractivity contribution in [2.45, 2.75) is 13.3 Å². The zero-order chi connectivity index (χ0) is 10.1. The Morgan fingerprint density at radius 3 is 2.69 bits per heavy atom. The first-order valence-electron chi connectivity index (χ1n) is 4.03. The molecule has 0 aliphatic heterocycles. The highest BCUT2D eigenvalue weighted by Crippen LogP contribution is 2.44. The van der Waals surface area contributed by atoms with E-state index in [0.717, 1.165) is 11.3 Å². The Hall–Kier alpha value is -0.310. The molecule has 0 amide bonds. The van der Waals surface area contributed by atoms with Crippen LogP contribution in [0.4, 0.5) is 5.00 Å². The lowest BCUT2D eigenvalue weighted by Gasteiger charge is -2.08. The van der Waals surface area contributed by atoms with Crippen molar-refractivity contribution in [1.82, 2.24) is 0 Å². The lowest BCUT2D eigenvalue weighted by molar-refractivity contribution is 0.408. The van der Waals surface area contributed by atoms with Crippen molar-refractivity contribution in [3.63, 3.8) is 0 Å². The van der Waals surface area contributed by atoms with Crippen molar-refractivity contribution in [3.05, 3.63) is 10.9 Å². The van der Waals surface area contributed by atoms with Crippen LogP contribution in [-0.2, 0) is 15.5 Å². The largest absolute Gasteiger partial charge is 0.390 e. The van der Waals surface area contributed by atoms with E-state index in [1.54, 1.807) is 6.66 Å². The molecule has 13 heavy (non-hydrogen) atoms. The number of hydrogen-bond donors (Lipinski definition) is 1. The zero-order valence-corrected chi connectivity index (χ0v) is 9.74. The third-order valence-corrected chi connectivity index (χ3v) is 5.13. The van der Waals surface area contributed by atoms with Crippen LogP contribution < -0.4 is 11.0 Å². The van der Waals surface area contributed by atoms with Gasteiger partial charge in [0, 0.05) is 18.7 Å². The Morgan fingerprint density at radius 2 is 2.31 bits per heavy atom. The normalized spacial score (nSPS) is 15.6. The monoisotopic (exact) mass is 219 g/mol. The molecule has 1 heterocycles. The fraction of sp³-hybridized carbons (Fsp3) is 0.500. The molecule has 0 bridgehead atoms. The van der Waals surface area contributed by atoms with Crippen molar-refractivity contribution in [2.75, 3.05) is 19.5 Å². The lowest BCUT2D eigenvalue weighted by Crippen LogP contribution is -2.06. The summed E-state index contributed by atoms with van der Waals surface area (Å²) in [7, 11) is -1.22. The van der Waals surface area contributed by atoms with E-state index in [9.17, 15) is 4.57 Å². The standard InChI is InChI=1S/C8H14NO2PS/c1-4-6-5-7(8(9)13-6)12(3,10)11-2/h5H,4,9H2,1-3H3. The highest BCUT2D eigenvalue weighted by Gasteiger charge is 2.22. The lowest BCUT2D eigenvalue weighted by atomic mass is 10.4. The number of aryl methyl sites for hydroxylation is 1. The van der Waals surface area contributed by atoms with Crippen LogP contribution in [0.5, 0.6) is 0 Å². The Balaban J connectivity index is 3.15. The average molecular weight is 219 g/mol. The highest BCUT2D eigenvalue weighted by molar-refractivity contribution is 7.67. The summed E-state index contributed by atoms with van der Waals surface area (Å²) >= 11 is 1.48. The van der Waals surface area contributed by atoms with Crippen LogP contribution in [0.2, 0.25) is 0 Å². The van der Waals surface area contributed by atoms with E-state index in [0.29, 0.717) is 10.3 Å². The van der Waals surface area contributed by atoms with Gasteiger partial charge in [0.15, 0.2) is 0 Å².